The fraction of sp³-hybridized carbons (Fsp3) is 0.462. The maximum absolute atomic E-state index is 9.51. The summed E-state index contributed by atoms with van der Waals surface area (Å²) in [6.07, 6.45) is -0.381. The zero-order chi connectivity index (χ0) is 12.8. The Bertz CT molecular complexity index is 412. The molecule has 17 heavy (non-hydrogen) atoms. The molecule has 1 N–H and O–H groups in total. The predicted molar refractivity (Wildman–Crippen MR) is 74.6 cm³/mol. The van der Waals surface area contributed by atoms with Crippen LogP contribution in [0.15, 0.2) is 28.0 Å². The highest BCUT2D eigenvalue weighted by Gasteiger charge is 2.15. The molecule has 92 valence electrons. The lowest BCUT2D eigenvalue weighted by Crippen LogP contribution is -2.15. The van der Waals surface area contributed by atoms with E-state index in [0.29, 0.717) is 0 Å². The van der Waals surface area contributed by atoms with Crippen molar-refractivity contribution in [3.05, 3.63) is 23.8 Å². The van der Waals surface area contributed by atoms with Crippen LogP contribution in [0.3, 0.4) is 0 Å². The second-order valence-corrected chi connectivity index (χ2v) is 6.46. The molecule has 2 nitrogen and oxygen atoms in total. The molecule has 0 aliphatic heterocycles. The number of aliphatic hydroxyl groups excluding tert-OH is 1. The summed E-state index contributed by atoms with van der Waals surface area (Å²) in [5.74, 6) is 0.953. The van der Waals surface area contributed by atoms with Crippen molar-refractivity contribution in [1.82, 2.24) is 0 Å². The van der Waals surface area contributed by atoms with E-state index in [2.05, 4.69) is 13.0 Å². The molecule has 0 saturated carbocycles. The van der Waals surface area contributed by atoms with Crippen molar-refractivity contribution in [3.63, 3.8) is 0 Å². The lowest BCUT2D eigenvalue weighted by molar-refractivity contribution is 0.196. The van der Waals surface area contributed by atoms with Gasteiger partial charge in [0, 0.05) is 15.0 Å². The van der Waals surface area contributed by atoms with Crippen molar-refractivity contribution in [3.8, 4) is 6.07 Å². The molecule has 0 aromatic heterocycles. The van der Waals surface area contributed by atoms with E-state index < -0.39 is 0 Å². The Morgan fingerprint density at radius 2 is 2.00 bits per heavy atom. The third-order valence-electron chi connectivity index (χ3n) is 2.39. The van der Waals surface area contributed by atoms with Crippen LogP contribution in [0.25, 0.3) is 0 Å². The summed E-state index contributed by atoms with van der Waals surface area (Å²) >= 11 is 3.23. The van der Waals surface area contributed by atoms with Crippen LogP contribution in [0, 0.1) is 11.3 Å². The first kappa shape index (κ1) is 14.4. The normalized spacial score (nSPS) is 14.1. The lowest BCUT2D eigenvalue weighted by Gasteiger charge is -2.15. The Labute approximate surface area is 111 Å². The van der Waals surface area contributed by atoms with Gasteiger partial charge in [-0.3, -0.25) is 0 Å². The number of hydrogen-bond acceptors (Lipinski definition) is 4. The maximum Gasteiger partial charge on any atom is 0.101 e. The van der Waals surface area contributed by atoms with Crippen LogP contribution in [-0.2, 0) is 0 Å². The topological polar surface area (TPSA) is 44.0 Å². The van der Waals surface area contributed by atoms with Gasteiger partial charge >= 0.3 is 0 Å². The van der Waals surface area contributed by atoms with E-state index in [1.54, 1.807) is 30.4 Å². The zero-order valence-electron chi connectivity index (χ0n) is 10.3. The molecule has 0 aliphatic rings. The first-order chi connectivity index (χ1) is 8.10. The van der Waals surface area contributed by atoms with Crippen molar-refractivity contribution in [2.45, 2.75) is 41.9 Å². The van der Waals surface area contributed by atoms with Crippen molar-refractivity contribution in [1.29, 1.82) is 5.26 Å². The number of rotatable bonds is 5. The Morgan fingerprint density at radius 3 is 2.53 bits per heavy atom. The molecule has 1 aromatic rings. The molecule has 2 unspecified atom stereocenters. The van der Waals surface area contributed by atoms with E-state index in [4.69, 9.17) is 0 Å². The summed E-state index contributed by atoms with van der Waals surface area (Å²) in [7, 11) is 0. The quantitative estimate of drug-likeness (QED) is 0.829. The Hall–Kier alpha value is -0.630. The van der Waals surface area contributed by atoms with Crippen molar-refractivity contribution in [2.24, 2.45) is 0 Å². The Morgan fingerprint density at radius 1 is 1.35 bits per heavy atom. The number of aliphatic hydroxyl groups is 1. The molecule has 2 atom stereocenters. The van der Waals surface area contributed by atoms with Gasteiger partial charge in [0.15, 0.2) is 0 Å². The third kappa shape index (κ3) is 3.95. The van der Waals surface area contributed by atoms with Crippen molar-refractivity contribution < 1.29 is 5.11 Å². The van der Waals surface area contributed by atoms with Crippen LogP contribution in [0.5, 0.6) is 0 Å². The SMILES string of the molecule is CCSc1cccc(SC(C)C(C)O)c1C#N. The number of nitrogens with zero attached hydrogens (tertiary/aromatic N) is 1. The molecule has 0 saturated heterocycles. The van der Waals surface area contributed by atoms with Gasteiger partial charge in [0.25, 0.3) is 0 Å². The van der Waals surface area contributed by atoms with E-state index >= 15 is 0 Å². The molecule has 1 rings (SSSR count). The van der Waals surface area contributed by atoms with Gasteiger partial charge in [-0.1, -0.05) is 19.9 Å². The van der Waals surface area contributed by atoms with Gasteiger partial charge in [-0.25, -0.2) is 0 Å². The highest BCUT2D eigenvalue weighted by Crippen LogP contribution is 2.33. The van der Waals surface area contributed by atoms with Gasteiger partial charge in [0.1, 0.15) is 6.07 Å². The van der Waals surface area contributed by atoms with Crippen LogP contribution < -0.4 is 0 Å². The number of nitriles is 1. The molecule has 0 heterocycles. The van der Waals surface area contributed by atoms with E-state index in [9.17, 15) is 10.4 Å². The predicted octanol–water partition coefficient (Wildman–Crippen LogP) is 3.53. The van der Waals surface area contributed by atoms with Crippen LogP contribution in [0.1, 0.15) is 26.3 Å². The van der Waals surface area contributed by atoms with Gasteiger partial charge in [0.05, 0.1) is 11.7 Å². The Balaban J connectivity index is 3.00. The van der Waals surface area contributed by atoms with Crippen LogP contribution >= 0.6 is 23.5 Å². The highest BCUT2D eigenvalue weighted by atomic mass is 32.2. The fourth-order valence-corrected chi connectivity index (χ4v) is 3.17. The number of benzene rings is 1. The molecule has 0 radical (unpaired) electrons. The zero-order valence-corrected chi connectivity index (χ0v) is 11.9. The lowest BCUT2D eigenvalue weighted by atomic mass is 10.2. The summed E-state index contributed by atoms with van der Waals surface area (Å²) in [6.45, 7) is 5.81. The summed E-state index contributed by atoms with van der Waals surface area (Å²) in [5, 5.41) is 18.8. The van der Waals surface area contributed by atoms with E-state index in [0.717, 1.165) is 21.1 Å². The maximum atomic E-state index is 9.51. The summed E-state index contributed by atoms with van der Waals surface area (Å²) in [4.78, 5) is 1.98. The second kappa shape index (κ2) is 6.95. The standard InChI is InChI=1S/C13H17NOS2/c1-4-16-12-6-5-7-13(11(12)8-14)17-10(3)9(2)15/h5-7,9-10,15H,4H2,1-3H3. The van der Waals surface area contributed by atoms with E-state index in [1.807, 2.05) is 25.1 Å². The fourth-order valence-electron chi connectivity index (χ4n) is 1.29. The van der Waals surface area contributed by atoms with Gasteiger partial charge in [-0.05, 0) is 24.8 Å². The smallest absolute Gasteiger partial charge is 0.101 e. The number of thioether (sulfide) groups is 2. The minimum absolute atomic E-state index is 0.0870. The molecule has 0 spiro atoms. The van der Waals surface area contributed by atoms with Crippen molar-refractivity contribution in [2.75, 3.05) is 5.75 Å². The molecule has 1 aromatic carbocycles. The van der Waals surface area contributed by atoms with Gasteiger partial charge in [-0.2, -0.15) is 5.26 Å². The van der Waals surface area contributed by atoms with Crippen LogP contribution in [0.4, 0.5) is 0 Å². The minimum atomic E-state index is -0.381. The van der Waals surface area contributed by atoms with Crippen LogP contribution in [-0.4, -0.2) is 22.2 Å². The molecule has 0 aliphatic carbocycles. The minimum Gasteiger partial charge on any atom is -0.392 e. The highest BCUT2D eigenvalue weighted by molar-refractivity contribution is 8.00. The average molecular weight is 267 g/mol. The average Bonchev–Trinajstić information content (AvgIpc) is 2.29. The van der Waals surface area contributed by atoms with Gasteiger partial charge in [0.2, 0.25) is 0 Å². The molecule has 4 heteroatoms. The first-order valence-corrected chi connectivity index (χ1v) is 7.47. The van der Waals surface area contributed by atoms with Gasteiger partial charge < -0.3 is 5.11 Å². The summed E-state index contributed by atoms with van der Waals surface area (Å²) < 4.78 is 0. The molecule has 0 amide bonds. The van der Waals surface area contributed by atoms with Crippen molar-refractivity contribution >= 4 is 23.5 Å². The Kier molecular flexibility index (Phi) is 5.90. The molecule has 0 fully saturated rings. The molecular weight excluding hydrogens is 250 g/mol. The monoisotopic (exact) mass is 267 g/mol. The third-order valence-corrected chi connectivity index (χ3v) is 4.69. The van der Waals surface area contributed by atoms with Crippen LogP contribution in [0.2, 0.25) is 0 Å². The van der Waals surface area contributed by atoms with E-state index in [-0.39, 0.29) is 11.4 Å². The van der Waals surface area contributed by atoms with Gasteiger partial charge in [-0.15, -0.1) is 23.5 Å². The molecular formula is C13H17NOS2. The van der Waals surface area contributed by atoms with E-state index in [1.165, 1.54) is 0 Å². The first-order valence-electron chi connectivity index (χ1n) is 5.60. The second-order valence-electron chi connectivity index (χ2n) is 3.74. The summed E-state index contributed by atoms with van der Waals surface area (Å²) in [5.41, 5.74) is 0.733. The largest absolute Gasteiger partial charge is 0.392 e. The summed E-state index contributed by atoms with van der Waals surface area (Å²) in [6, 6.07) is 8.16. The molecule has 0 bridgehead atoms. The number of hydrogen-bond donors (Lipinski definition) is 1.